The van der Waals surface area contributed by atoms with Gasteiger partial charge < -0.3 is 11.1 Å². The largest absolute Gasteiger partial charge is 0.351 e. The van der Waals surface area contributed by atoms with E-state index < -0.39 is 0 Å². The van der Waals surface area contributed by atoms with Crippen molar-refractivity contribution in [3.63, 3.8) is 0 Å². The van der Waals surface area contributed by atoms with E-state index in [0.29, 0.717) is 25.3 Å². The van der Waals surface area contributed by atoms with E-state index in [1.54, 1.807) is 10.9 Å². The van der Waals surface area contributed by atoms with Crippen LogP contribution >= 0.6 is 11.8 Å². The van der Waals surface area contributed by atoms with Crippen molar-refractivity contribution in [2.45, 2.75) is 19.9 Å². The van der Waals surface area contributed by atoms with Crippen molar-refractivity contribution in [2.75, 3.05) is 24.6 Å². The van der Waals surface area contributed by atoms with Gasteiger partial charge in [-0.05, 0) is 17.9 Å². The van der Waals surface area contributed by atoms with Crippen LogP contribution in [0.2, 0.25) is 0 Å². The minimum absolute atomic E-state index is 0.172. The summed E-state index contributed by atoms with van der Waals surface area (Å²) in [6.07, 6.45) is 2.59. The second-order valence-corrected chi connectivity index (χ2v) is 4.86. The SMILES string of the molecule is CCSCCCNC(=O)c1cn(CCN)nn1. The van der Waals surface area contributed by atoms with Crippen LogP contribution in [0.15, 0.2) is 6.20 Å². The molecule has 0 aliphatic heterocycles. The maximum atomic E-state index is 11.6. The predicted molar refractivity (Wildman–Crippen MR) is 69.0 cm³/mol. The molecule has 0 spiro atoms. The van der Waals surface area contributed by atoms with Crippen molar-refractivity contribution < 1.29 is 4.79 Å². The van der Waals surface area contributed by atoms with Crippen molar-refractivity contribution in [1.82, 2.24) is 20.3 Å². The van der Waals surface area contributed by atoms with E-state index in [2.05, 4.69) is 22.6 Å². The molecule has 6 nitrogen and oxygen atoms in total. The topological polar surface area (TPSA) is 85.8 Å². The van der Waals surface area contributed by atoms with E-state index in [4.69, 9.17) is 5.73 Å². The fraction of sp³-hybridized carbons (Fsp3) is 0.700. The highest BCUT2D eigenvalue weighted by Crippen LogP contribution is 2.00. The van der Waals surface area contributed by atoms with E-state index in [1.807, 2.05) is 11.8 Å². The average Bonchev–Trinajstić information content (AvgIpc) is 2.78. The highest BCUT2D eigenvalue weighted by molar-refractivity contribution is 7.99. The summed E-state index contributed by atoms with van der Waals surface area (Å²) >= 11 is 1.87. The van der Waals surface area contributed by atoms with Gasteiger partial charge in [-0.25, -0.2) is 0 Å². The summed E-state index contributed by atoms with van der Waals surface area (Å²) in [7, 11) is 0. The van der Waals surface area contributed by atoms with Crippen LogP contribution in [0, 0.1) is 0 Å². The summed E-state index contributed by atoms with van der Waals surface area (Å²) in [5, 5.41) is 10.4. The fourth-order valence-electron chi connectivity index (χ4n) is 1.26. The molecule has 0 saturated heterocycles. The summed E-state index contributed by atoms with van der Waals surface area (Å²) in [5.74, 6) is 2.01. The van der Waals surface area contributed by atoms with Gasteiger partial charge in [-0.2, -0.15) is 11.8 Å². The number of nitrogens with two attached hydrogens (primary N) is 1. The van der Waals surface area contributed by atoms with Crippen molar-refractivity contribution in [2.24, 2.45) is 5.73 Å². The number of carbonyl (C=O) groups excluding carboxylic acids is 1. The zero-order valence-corrected chi connectivity index (χ0v) is 10.9. The molecule has 1 heterocycles. The first-order chi connectivity index (χ1) is 8.27. The summed E-state index contributed by atoms with van der Waals surface area (Å²) in [5.41, 5.74) is 5.73. The van der Waals surface area contributed by atoms with E-state index in [-0.39, 0.29) is 5.91 Å². The molecule has 0 atom stereocenters. The maximum Gasteiger partial charge on any atom is 0.273 e. The lowest BCUT2D eigenvalue weighted by Gasteiger charge is -2.01. The Morgan fingerprint density at radius 1 is 1.65 bits per heavy atom. The molecule has 1 aromatic heterocycles. The van der Waals surface area contributed by atoms with E-state index in [0.717, 1.165) is 17.9 Å². The average molecular weight is 257 g/mol. The van der Waals surface area contributed by atoms with Gasteiger partial charge in [-0.3, -0.25) is 9.48 Å². The van der Waals surface area contributed by atoms with Crippen LogP contribution in [-0.2, 0) is 6.54 Å². The second kappa shape index (κ2) is 8.08. The monoisotopic (exact) mass is 257 g/mol. The van der Waals surface area contributed by atoms with Crippen LogP contribution in [0.4, 0.5) is 0 Å². The summed E-state index contributed by atoms with van der Waals surface area (Å²) in [4.78, 5) is 11.6. The van der Waals surface area contributed by atoms with Gasteiger partial charge in [0, 0.05) is 13.1 Å². The Hall–Kier alpha value is -1.08. The second-order valence-electron chi connectivity index (χ2n) is 3.46. The summed E-state index contributed by atoms with van der Waals surface area (Å²) < 4.78 is 1.57. The molecule has 0 bridgehead atoms. The van der Waals surface area contributed by atoms with Crippen LogP contribution in [0.5, 0.6) is 0 Å². The zero-order chi connectivity index (χ0) is 12.5. The number of carbonyl (C=O) groups is 1. The molecule has 0 aliphatic rings. The van der Waals surface area contributed by atoms with Gasteiger partial charge in [0.15, 0.2) is 5.69 Å². The number of nitrogens with one attached hydrogen (secondary N) is 1. The van der Waals surface area contributed by atoms with Gasteiger partial charge in [0.1, 0.15) is 0 Å². The molecule has 0 radical (unpaired) electrons. The molecular formula is C10H19N5OS. The lowest BCUT2D eigenvalue weighted by molar-refractivity contribution is 0.0948. The number of thioether (sulfide) groups is 1. The highest BCUT2D eigenvalue weighted by atomic mass is 32.2. The standard InChI is InChI=1S/C10H19N5OS/c1-2-17-7-3-5-12-10(16)9-8-15(6-4-11)14-13-9/h8H,2-7,11H2,1H3,(H,12,16). The van der Waals surface area contributed by atoms with E-state index in [9.17, 15) is 4.79 Å². The Kier molecular flexibility index (Phi) is 6.64. The minimum atomic E-state index is -0.172. The quantitative estimate of drug-likeness (QED) is 0.646. The zero-order valence-electron chi connectivity index (χ0n) is 10.1. The first-order valence-corrected chi connectivity index (χ1v) is 6.89. The van der Waals surface area contributed by atoms with Crippen molar-refractivity contribution >= 4 is 17.7 Å². The normalized spacial score (nSPS) is 10.5. The molecule has 0 saturated carbocycles. The Labute approximate surface area is 105 Å². The van der Waals surface area contributed by atoms with Gasteiger partial charge in [0.25, 0.3) is 5.91 Å². The number of amides is 1. The molecule has 1 amide bonds. The Morgan fingerprint density at radius 3 is 3.18 bits per heavy atom. The smallest absolute Gasteiger partial charge is 0.273 e. The van der Waals surface area contributed by atoms with Gasteiger partial charge in [0.05, 0.1) is 12.7 Å². The Bertz CT molecular complexity index is 341. The molecule has 96 valence electrons. The van der Waals surface area contributed by atoms with Crippen LogP contribution < -0.4 is 11.1 Å². The van der Waals surface area contributed by atoms with Gasteiger partial charge in [0.2, 0.25) is 0 Å². The van der Waals surface area contributed by atoms with Gasteiger partial charge >= 0.3 is 0 Å². The third-order valence-corrected chi connectivity index (χ3v) is 3.07. The number of hydrogen-bond acceptors (Lipinski definition) is 5. The van der Waals surface area contributed by atoms with Crippen molar-refractivity contribution in [1.29, 1.82) is 0 Å². The van der Waals surface area contributed by atoms with Crippen LogP contribution in [0.1, 0.15) is 23.8 Å². The third-order valence-electron chi connectivity index (χ3n) is 2.08. The van der Waals surface area contributed by atoms with E-state index >= 15 is 0 Å². The summed E-state index contributed by atoms with van der Waals surface area (Å²) in [6.45, 7) is 3.86. The van der Waals surface area contributed by atoms with Gasteiger partial charge in [-0.1, -0.05) is 12.1 Å². The molecule has 0 aromatic carbocycles. The van der Waals surface area contributed by atoms with Crippen molar-refractivity contribution in [3.8, 4) is 0 Å². The minimum Gasteiger partial charge on any atom is -0.351 e. The Balaban J connectivity index is 2.26. The molecule has 1 rings (SSSR count). The number of nitrogens with zero attached hydrogens (tertiary/aromatic N) is 3. The first kappa shape index (κ1) is 14.0. The molecule has 3 N–H and O–H groups in total. The van der Waals surface area contributed by atoms with Gasteiger partial charge in [-0.15, -0.1) is 5.10 Å². The number of rotatable bonds is 8. The molecule has 7 heteroatoms. The van der Waals surface area contributed by atoms with Crippen LogP contribution in [0.3, 0.4) is 0 Å². The fourth-order valence-corrected chi connectivity index (χ4v) is 1.89. The molecular weight excluding hydrogens is 238 g/mol. The van der Waals surface area contributed by atoms with Crippen LogP contribution in [0.25, 0.3) is 0 Å². The maximum absolute atomic E-state index is 11.6. The number of aromatic nitrogens is 3. The molecule has 17 heavy (non-hydrogen) atoms. The molecule has 1 aromatic rings. The van der Waals surface area contributed by atoms with Crippen LogP contribution in [-0.4, -0.2) is 45.5 Å². The number of hydrogen-bond donors (Lipinski definition) is 2. The van der Waals surface area contributed by atoms with E-state index in [1.165, 1.54) is 0 Å². The summed E-state index contributed by atoms with van der Waals surface area (Å²) in [6, 6.07) is 0. The lowest BCUT2D eigenvalue weighted by atomic mass is 10.4. The Morgan fingerprint density at radius 2 is 2.47 bits per heavy atom. The third kappa shape index (κ3) is 5.18. The lowest BCUT2D eigenvalue weighted by Crippen LogP contribution is -2.25. The molecule has 0 unspecified atom stereocenters. The predicted octanol–water partition coefficient (Wildman–Crippen LogP) is 0.110. The molecule has 0 fully saturated rings. The molecule has 0 aliphatic carbocycles. The highest BCUT2D eigenvalue weighted by Gasteiger charge is 2.09. The first-order valence-electron chi connectivity index (χ1n) is 5.74. The van der Waals surface area contributed by atoms with Crippen molar-refractivity contribution in [3.05, 3.63) is 11.9 Å².